The minimum atomic E-state index is -2.86. The van der Waals surface area contributed by atoms with Crippen molar-refractivity contribution in [2.75, 3.05) is 11.9 Å². The van der Waals surface area contributed by atoms with E-state index < -0.39 is 6.61 Å². The molecular weight excluding hydrogens is 346 g/mol. The number of nitrogens with zero attached hydrogens (tertiary/aromatic N) is 1. The number of ether oxygens (including phenoxy) is 1. The number of hydrogen-bond donors (Lipinski definition) is 1. The van der Waals surface area contributed by atoms with E-state index in [9.17, 15) is 13.6 Å². The number of carbonyl (C=O) groups is 1. The molecule has 2 rings (SSSR count). The van der Waals surface area contributed by atoms with Gasteiger partial charge in [0.1, 0.15) is 5.75 Å². The van der Waals surface area contributed by atoms with Crippen molar-refractivity contribution in [1.82, 2.24) is 4.90 Å². The summed E-state index contributed by atoms with van der Waals surface area (Å²) in [6.45, 7) is 4.27. The predicted octanol–water partition coefficient (Wildman–Crippen LogP) is 4.51. The highest BCUT2D eigenvalue weighted by Crippen LogP contribution is 2.20. The highest BCUT2D eigenvalue weighted by atomic mass is 32.1. The third kappa shape index (κ3) is 6.10. The monoisotopic (exact) mass is 368 g/mol. The normalized spacial score (nSPS) is 11.4. The summed E-state index contributed by atoms with van der Waals surface area (Å²) in [5.41, 5.74) is 1.77. The predicted molar refractivity (Wildman–Crippen MR) is 96.3 cm³/mol. The van der Waals surface area contributed by atoms with E-state index in [-0.39, 0.29) is 24.2 Å². The fraction of sp³-hybridized carbons (Fsp3) is 0.389. The highest BCUT2D eigenvalue weighted by molar-refractivity contribution is 7.10. The summed E-state index contributed by atoms with van der Waals surface area (Å²) in [5.74, 6) is -0.0876. The number of carbonyl (C=O) groups excluding carboxylic acids is 1. The van der Waals surface area contributed by atoms with Gasteiger partial charge in [-0.05, 0) is 62.0 Å². The summed E-state index contributed by atoms with van der Waals surface area (Å²) in [6, 6.07) is 8.17. The van der Waals surface area contributed by atoms with Gasteiger partial charge in [-0.3, -0.25) is 9.69 Å². The van der Waals surface area contributed by atoms with Gasteiger partial charge in [0.05, 0.1) is 6.54 Å². The summed E-state index contributed by atoms with van der Waals surface area (Å²) in [7, 11) is 0. The summed E-state index contributed by atoms with van der Waals surface area (Å²) >= 11 is 1.68. The smallest absolute Gasteiger partial charge is 0.387 e. The van der Waals surface area contributed by atoms with Crippen LogP contribution in [0.5, 0.6) is 5.75 Å². The standard InChI is InChI=1S/C18H22F2N2O2S/c1-12(2)22(10-16-13(3)8-9-25-16)11-17(23)21-14-4-6-15(7-5-14)24-18(19)20/h4-9,12,18H,10-11H2,1-3H3,(H,21,23). The second kappa shape index (κ2) is 8.92. The Labute approximate surface area is 150 Å². The molecule has 0 bridgehead atoms. The molecule has 0 spiro atoms. The number of nitrogens with one attached hydrogen (secondary N) is 1. The fourth-order valence-electron chi connectivity index (χ4n) is 2.28. The molecule has 1 heterocycles. The summed E-state index contributed by atoms with van der Waals surface area (Å²) in [4.78, 5) is 15.6. The molecule has 0 radical (unpaired) electrons. The van der Waals surface area contributed by atoms with Crippen LogP contribution in [-0.4, -0.2) is 30.0 Å². The Kier molecular flexibility index (Phi) is 6.90. The number of alkyl halides is 2. The van der Waals surface area contributed by atoms with Crippen LogP contribution in [0.1, 0.15) is 24.3 Å². The van der Waals surface area contributed by atoms with Crippen LogP contribution in [0.15, 0.2) is 35.7 Å². The van der Waals surface area contributed by atoms with Crippen molar-refractivity contribution >= 4 is 22.9 Å². The highest BCUT2D eigenvalue weighted by Gasteiger charge is 2.16. The molecule has 0 aliphatic rings. The Morgan fingerprint density at radius 2 is 1.92 bits per heavy atom. The summed E-state index contributed by atoms with van der Waals surface area (Å²) in [5, 5.41) is 4.83. The summed E-state index contributed by atoms with van der Waals surface area (Å²) in [6.07, 6.45) is 0. The molecule has 0 saturated carbocycles. The quantitative estimate of drug-likeness (QED) is 0.746. The third-order valence-electron chi connectivity index (χ3n) is 3.76. The maximum Gasteiger partial charge on any atom is 0.387 e. The number of halogens is 2. The third-order valence-corrected chi connectivity index (χ3v) is 4.76. The van der Waals surface area contributed by atoms with Gasteiger partial charge >= 0.3 is 6.61 Å². The molecule has 4 nitrogen and oxygen atoms in total. The van der Waals surface area contributed by atoms with Crippen LogP contribution in [0.3, 0.4) is 0 Å². The molecule has 0 saturated heterocycles. The number of anilines is 1. The van der Waals surface area contributed by atoms with Crippen LogP contribution in [0.25, 0.3) is 0 Å². The zero-order chi connectivity index (χ0) is 18.4. The SMILES string of the molecule is Cc1ccsc1CN(CC(=O)Nc1ccc(OC(F)F)cc1)C(C)C. The maximum atomic E-state index is 12.3. The number of benzene rings is 1. The number of aryl methyl sites for hydroxylation is 1. The van der Waals surface area contributed by atoms with Crippen LogP contribution >= 0.6 is 11.3 Å². The van der Waals surface area contributed by atoms with Gasteiger partial charge in [0.2, 0.25) is 5.91 Å². The average Bonchev–Trinajstić information content (AvgIpc) is 2.93. The van der Waals surface area contributed by atoms with E-state index in [1.165, 1.54) is 22.6 Å². The molecule has 0 unspecified atom stereocenters. The van der Waals surface area contributed by atoms with Crippen molar-refractivity contribution in [2.45, 2.75) is 40.0 Å². The van der Waals surface area contributed by atoms with Gasteiger partial charge in [-0.25, -0.2) is 0 Å². The summed E-state index contributed by atoms with van der Waals surface area (Å²) < 4.78 is 28.6. The van der Waals surface area contributed by atoms with Crippen molar-refractivity contribution in [2.24, 2.45) is 0 Å². The zero-order valence-electron chi connectivity index (χ0n) is 14.5. The molecule has 1 amide bonds. The van der Waals surface area contributed by atoms with E-state index >= 15 is 0 Å². The van der Waals surface area contributed by atoms with Crippen LogP contribution in [0, 0.1) is 6.92 Å². The lowest BCUT2D eigenvalue weighted by atomic mass is 10.2. The van der Waals surface area contributed by atoms with Crippen molar-refractivity contribution in [3.8, 4) is 5.75 Å². The molecule has 1 aromatic carbocycles. The molecule has 1 N–H and O–H groups in total. The molecule has 1 aromatic heterocycles. The fourth-order valence-corrected chi connectivity index (χ4v) is 3.21. The largest absolute Gasteiger partial charge is 0.435 e. The molecule has 25 heavy (non-hydrogen) atoms. The van der Waals surface area contributed by atoms with Gasteiger partial charge in [-0.1, -0.05) is 0 Å². The number of thiophene rings is 1. The lowest BCUT2D eigenvalue weighted by Gasteiger charge is -2.25. The first-order chi connectivity index (χ1) is 11.8. The zero-order valence-corrected chi connectivity index (χ0v) is 15.3. The first-order valence-corrected chi connectivity index (χ1v) is 8.85. The lowest BCUT2D eigenvalue weighted by molar-refractivity contribution is -0.117. The van der Waals surface area contributed by atoms with Gasteiger partial charge in [0.15, 0.2) is 0 Å². The van der Waals surface area contributed by atoms with E-state index in [1.54, 1.807) is 23.5 Å². The Morgan fingerprint density at radius 1 is 1.24 bits per heavy atom. The maximum absolute atomic E-state index is 12.3. The first-order valence-electron chi connectivity index (χ1n) is 7.97. The van der Waals surface area contributed by atoms with E-state index in [2.05, 4.69) is 27.9 Å². The Morgan fingerprint density at radius 3 is 2.44 bits per heavy atom. The van der Waals surface area contributed by atoms with E-state index in [0.29, 0.717) is 5.69 Å². The number of rotatable bonds is 8. The minimum absolute atomic E-state index is 0.0602. The van der Waals surface area contributed by atoms with E-state index in [4.69, 9.17) is 0 Å². The molecule has 0 aliphatic heterocycles. The van der Waals surface area contributed by atoms with Crippen LogP contribution in [0.2, 0.25) is 0 Å². The molecule has 2 aromatic rings. The number of amides is 1. The Balaban J connectivity index is 1.93. The van der Waals surface area contributed by atoms with Gasteiger partial charge in [0, 0.05) is 23.2 Å². The lowest BCUT2D eigenvalue weighted by Crippen LogP contribution is -2.37. The Hall–Kier alpha value is -1.99. The van der Waals surface area contributed by atoms with E-state index in [0.717, 1.165) is 6.54 Å². The molecule has 7 heteroatoms. The van der Waals surface area contributed by atoms with Crippen molar-refractivity contribution in [3.05, 3.63) is 46.2 Å². The topological polar surface area (TPSA) is 41.6 Å². The van der Waals surface area contributed by atoms with Crippen LogP contribution in [-0.2, 0) is 11.3 Å². The molecule has 0 atom stereocenters. The first kappa shape index (κ1) is 19.3. The van der Waals surface area contributed by atoms with Crippen molar-refractivity contribution in [3.63, 3.8) is 0 Å². The molecule has 0 aliphatic carbocycles. The van der Waals surface area contributed by atoms with Crippen LogP contribution < -0.4 is 10.1 Å². The van der Waals surface area contributed by atoms with Crippen LogP contribution in [0.4, 0.5) is 14.5 Å². The van der Waals surface area contributed by atoms with Gasteiger partial charge < -0.3 is 10.1 Å². The van der Waals surface area contributed by atoms with Crippen molar-refractivity contribution in [1.29, 1.82) is 0 Å². The van der Waals surface area contributed by atoms with E-state index in [1.807, 2.05) is 19.2 Å². The average molecular weight is 368 g/mol. The van der Waals surface area contributed by atoms with Gasteiger partial charge in [-0.15, -0.1) is 11.3 Å². The van der Waals surface area contributed by atoms with Crippen molar-refractivity contribution < 1.29 is 18.3 Å². The molecule has 136 valence electrons. The number of hydrogen-bond acceptors (Lipinski definition) is 4. The second-order valence-corrected chi connectivity index (χ2v) is 6.98. The molecule has 0 fully saturated rings. The second-order valence-electron chi connectivity index (χ2n) is 5.98. The van der Waals surface area contributed by atoms with Gasteiger partial charge in [0.25, 0.3) is 0 Å². The minimum Gasteiger partial charge on any atom is -0.435 e. The Bertz CT molecular complexity index is 687. The van der Waals surface area contributed by atoms with Gasteiger partial charge in [-0.2, -0.15) is 8.78 Å². The molecular formula is C18H22F2N2O2S.